The zero-order chi connectivity index (χ0) is 12.9. The normalized spacial score (nSPS) is 12.2. The molecule has 4 N–H and O–H groups in total. The van der Waals surface area contributed by atoms with Crippen molar-refractivity contribution in [3.05, 3.63) is 35.9 Å². The number of hydrogen-bond donors (Lipinski definition) is 2. The molecule has 0 spiro atoms. The number of halogens is 3. The van der Waals surface area contributed by atoms with Gasteiger partial charge in [0, 0.05) is 22.9 Å². The predicted octanol–water partition coefficient (Wildman–Crippen LogP) is 2.89. The summed E-state index contributed by atoms with van der Waals surface area (Å²) in [5, 5.41) is 0. The topological polar surface area (TPSA) is 52.0 Å². The summed E-state index contributed by atoms with van der Waals surface area (Å²) in [6, 6.07) is 3.37. The van der Waals surface area contributed by atoms with Crippen LogP contribution in [0.15, 0.2) is 35.2 Å². The van der Waals surface area contributed by atoms with E-state index in [1.807, 2.05) is 6.08 Å². The lowest BCUT2D eigenvalue weighted by molar-refractivity contribution is -0.137. The van der Waals surface area contributed by atoms with Crippen molar-refractivity contribution in [3.63, 3.8) is 0 Å². The van der Waals surface area contributed by atoms with Gasteiger partial charge >= 0.3 is 6.18 Å². The molecule has 94 valence electrons. The van der Waals surface area contributed by atoms with Crippen molar-refractivity contribution >= 4 is 17.4 Å². The molecule has 0 aliphatic rings. The third-order valence-electron chi connectivity index (χ3n) is 1.97. The summed E-state index contributed by atoms with van der Waals surface area (Å²) >= 11 is 1.37. The van der Waals surface area contributed by atoms with Gasteiger partial charge < -0.3 is 11.5 Å². The summed E-state index contributed by atoms with van der Waals surface area (Å²) in [7, 11) is 0. The molecule has 0 atom stereocenters. The maximum absolute atomic E-state index is 12.4. The van der Waals surface area contributed by atoms with Gasteiger partial charge in [-0.25, -0.2) is 0 Å². The van der Waals surface area contributed by atoms with Gasteiger partial charge in [-0.15, -0.1) is 11.8 Å². The lowest BCUT2D eigenvalue weighted by Gasteiger charge is -2.09. The fraction of sp³-hybridized carbons (Fsp3) is 0.273. The zero-order valence-electron chi connectivity index (χ0n) is 9.00. The van der Waals surface area contributed by atoms with Gasteiger partial charge in [-0.05, 0) is 18.2 Å². The van der Waals surface area contributed by atoms with Gasteiger partial charge in [-0.1, -0.05) is 12.2 Å². The molecule has 0 heterocycles. The highest BCUT2D eigenvalue weighted by Crippen LogP contribution is 2.34. The molecule has 0 aliphatic carbocycles. The number of hydrogen-bond acceptors (Lipinski definition) is 3. The third kappa shape index (κ3) is 4.32. The Balaban J connectivity index is 2.73. The van der Waals surface area contributed by atoms with Crippen LogP contribution in [0.5, 0.6) is 0 Å². The SMILES string of the molecule is NCC=CCSc1ccc(C(F)(F)F)cc1N. The van der Waals surface area contributed by atoms with E-state index in [1.54, 1.807) is 6.08 Å². The Morgan fingerprint density at radius 3 is 2.47 bits per heavy atom. The van der Waals surface area contributed by atoms with E-state index in [0.29, 0.717) is 17.2 Å². The van der Waals surface area contributed by atoms with Crippen molar-refractivity contribution in [2.45, 2.75) is 11.1 Å². The molecular formula is C11H13F3N2S. The van der Waals surface area contributed by atoms with Gasteiger partial charge in [0.05, 0.1) is 5.56 Å². The van der Waals surface area contributed by atoms with E-state index >= 15 is 0 Å². The largest absolute Gasteiger partial charge is 0.416 e. The van der Waals surface area contributed by atoms with Gasteiger partial charge in [0.1, 0.15) is 0 Å². The number of nitrogens with two attached hydrogens (primary N) is 2. The van der Waals surface area contributed by atoms with E-state index in [0.717, 1.165) is 12.1 Å². The van der Waals surface area contributed by atoms with Crippen molar-refractivity contribution in [1.29, 1.82) is 0 Å². The first-order valence-electron chi connectivity index (χ1n) is 4.89. The Bertz CT molecular complexity index is 402. The highest BCUT2D eigenvalue weighted by atomic mass is 32.2. The lowest BCUT2D eigenvalue weighted by Crippen LogP contribution is -2.05. The molecule has 1 aromatic rings. The molecule has 0 aromatic heterocycles. The van der Waals surface area contributed by atoms with E-state index in [9.17, 15) is 13.2 Å². The van der Waals surface area contributed by atoms with Crippen LogP contribution in [0.2, 0.25) is 0 Å². The maximum Gasteiger partial charge on any atom is 0.416 e. The van der Waals surface area contributed by atoms with E-state index in [2.05, 4.69) is 0 Å². The molecule has 0 fully saturated rings. The number of rotatable bonds is 4. The van der Waals surface area contributed by atoms with Crippen LogP contribution < -0.4 is 11.5 Å². The Morgan fingerprint density at radius 1 is 1.24 bits per heavy atom. The van der Waals surface area contributed by atoms with Crippen LogP contribution in [0.25, 0.3) is 0 Å². The number of thioether (sulfide) groups is 1. The van der Waals surface area contributed by atoms with Gasteiger partial charge in [-0.3, -0.25) is 0 Å². The quantitative estimate of drug-likeness (QED) is 0.498. The lowest BCUT2D eigenvalue weighted by atomic mass is 10.2. The van der Waals surface area contributed by atoms with Gasteiger partial charge in [0.15, 0.2) is 0 Å². The van der Waals surface area contributed by atoms with Crippen molar-refractivity contribution in [3.8, 4) is 0 Å². The molecule has 0 bridgehead atoms. The molecule has 0 saturated carbocycles. The van der Waals surface area contributed by atoms with Crippen LogP contribution >= 0.6 is 11.8 Å². The van der Waals surface area contributed by atoms with Crippen LogP contribution in [0.3, 0.4) is 0 Å². The first-order valence-corrected chi connectivity index (χ1v) is 5.88. The average Bonchev–Trinajstić information content (AvgIpc) is 2.24. The summed E-state index contributed by atoms with van der Waals surface area (Å²) in [6.07, 6.45) is -0.716. The summed E-state index contributed by atoms with van der Waals surface area (Å²) in [6.45, 7) is 0.447. The van der Waals surface area contributed by atoms with Crippen molar-refractivity contribution < 1.29 is 13.2 Å². The molecule has 0 saturated heterocycles. The molecule has 0 aliphatic heterocycles. The number of anilines is 1. The molecule has 1 aromatic carbocycles. The van der Waals surface area contributed by atoms with Gasteiger partial charge in [0.25, 0.3) is 0 Å². The Labute approximate surface area is 102 Å². The molecular weight excluding hydrogens is 249 g/mol. The second-order valence-electron chi connectivity index (χ2n) is 3.27. The minimum Gasteiger partial charge on any atom is -0.398 e. The fourth-order valence-corrected chi connectivity index (χ4v) is 1.96. The highest BCUT2D eigenvalue weighted by Gasteiger charge is 2.30. The van der Waals surface area contributed by atoms with Gasteiger partial charge in [-0.2, -0.15) is 13.2 Å². The number of alkyl halides is 3. The molecule has 6 heteroatoms. The second kappa shape index (κ2) is 5.97. The van der Waals surface area contributed by atoms with Crippen molar-refractivity contribution in [2.24, 2.45) is 5.73 Å². The first-order chi connectivity index (χ1) is 7.95. The molecule has 0 unspecified atom stereocenters. The first kappa shape index (κ1) is 13.9. The van der Waals surface area contributed by atoms with E-state index < -0.39 is 11.7 Å². The minimum absolute atomic E-state index is 0.144. The molecule has 1 rings (SSSR count). The average molecular weight is 262 g/mol. The summed E-state index contributed by atoms with van der Waals surface area (Å²) < 4.78 is 37.1. The monoisotopic (exact) mass is 262 g/mol. The molecule has 0 amide bonds. The standard InChI is InChI=1S/C11H13F3N2S/c12-11(13,14)8-3-4-10(9(16)7-8)17-6-2-1-5-15/h1-4,7H,5-6,15-16H2. The van der Waals surface area contributed by atoms with Crippen LogP contribution in [0, 0.1) is 0 Å². The third-order valence-corrected chi connectivity index (χ3v) is 3.02. The van der Waals surface area contributed by atoms with Gasteiger partial charge in [0.2, 0.25) is 0 Å². The number of nitrogen functional groups attached to an aromatic ring is 1. The summed E-state index contributed by atoms with van der Waals surface area (Å²) in [5.41, 5.74) is 10.2. The zero-order valence-corrected chi connectivity index (χ0v) is 9.81. The van der Waals surface area contributed by atoms with Crippen LogP contribution in [-0.4, -0.2) is 12.3 Å². The summed E-state index contributed by atoms with van der Waals surface area (Å²) in [5.74, 6) is 0.632. The van der Waals surface area contributed by atoms with Crippen LogP contribution in [0.4, 0.5) is 18.9 Å². The highest BCUT2D eigenvalue weighted by molar-refractivity contribution is 7.99. The van der Waals surface area contributed by atoms with E-state index in [-0.39, 0.29) is 5.69 Å². The minimum atomic E-state index is -4.35. The maximum atomic E-state index is 12.4. The van der Waals surface area contributed by atoms with Crippen LogP contribution in [0.1, 0.15) is 5.56 Å². The fourth-order valence-electron chi connectivity index (χ4n) is 1.16. The molecule has 2 nitrogen and oxygen atoms in total. The Hall–Kier alpha value is -1.14. The summed E-state index contributed by atoms with van der Waals surface area (Å²) in [4.78, 5) is 0.639. The smallest absolute Gasteiger partial charge is 0.398 e. The van der Waals surface area contributed by atoms with Crippen molar-refractivity contribution in [1.82, 2.24) is 0 Å². The predicted molar refractivity (Wildman–Crippen MR) is 64.8 cm³/mol. The van der Waals surface area contributed by atoms with E-state index in [4.69, 9.17) is 11.5 Å². The van der Waals surface area contributed by atoms with E-state index in [1.165, 1.54) is 17.8 Å². The second-order valence-corrected chi connectivity index (χ2v) is 4.33. The molecule has 0 radical (unpaired) electrons. The number of benzene rings is 1. The van der Waals surface area contributed by atoms with Crippen LogP contribution in [-0.2, 0) is 6.18 Å². The Kier molecular flexibility index (Phi) is 4.89. The van der Waals surface area contributed by atoms with Crippen molar-refractivity contribution in [2.75, 3.05) is 18.0 Å². The Morgan fingerprint density at radius 2 is 1.94 bits per heavy atom. The molecule has 17 heavy (non-hydrogen) atoms.